The minimum Gasteiger partial charge on any atom is -0.447 e. The lowest BCUT2D eigenvalue weighted by Crippen LogP contribution is -2.08. The summed E-state index contributed by atoms with van der Waals surface area (Å²) in [7, 11) is 0. The standard InChI is InChI=1S/C16H13N3O4/c17-8-9-23-16(20)13-6-7-14(15(10-13)19(21)22)18-11-12-4-2-1-3-5-12/h1-7,10,18H,9,11H2. The number of hydrogen-bond donors (Lipinski definition) is 1. The predicted octanol–water partition coefficient (Wildman–Crippen LogP) is 2.89. The lowest BCUT2D eigenvalue weighted by molar-refractivity contribution is -0.384. The third-order valence-corrected chi connectivity index (χ3v) is 3.02. The van der Waals surface area contributed by atoms with Gasteiger partial charge in [0.05, 0.1) is 10.5 Å². The van der Waals surface area contributed by atoms with Gasteiger partial charge in [0.25, 0.3) is 5.69 Å². The summed E-state index contributed by atoms with van der Waals surface area (Å²) in [6.45, 7) is 0.0144. The Morgan fingerprint density at radius 1 is 1.26 bits per heavy atom. The van der Waals surface area contributed by atoms with Crippen LogP contribution in [0.2, 0.25) is 0 Å². The zero-order valence-electron chi connectivity index (χ0n) is 12.1. The second kappa shape index (κ2) is 7.56. The van der Waals surface area contributed by atoms with Gasteiger partial charge in [0, 0.05) is 12.6 Å². The molecule has 7 nitrogen and oxygen atoms in total. The number of nitrogens with zero attached hydrogens (tertiary/aromatic N) is 2. The van der Waals surface area contributed by atoms with Gasteiger partial charge in [-0.2, -0.15) is 5.26 Å². The van der Waals surface area contributed by atoms with Gasteiger partial charge in [0.2, 0.25) is 0 Å². The molecule has 0 bridgehead atoms. The number of nitro groups is 1. The van der Waals surface area contributed by atoms with Crippen molar-refractivity contribution in [1.82, 2.24) is 0 Å². The summed E-state index contributed by atoms with van der Waals surface area (Å²) >= 11 is 0. The van der Waals surface area contributed by atoms with Crippen molar-refractivity contribution in [2.24, 2.45) is 0 Å². The second-order valence-electron chi connectivity index (χ2n) is 4.56. The maximum Gasteiger partial charge on any atom is 0.339 e. The first kappa shape index (κ1) is 16.0. The number of esters is 1. The lowest BCUT2D eigenvalue weighted by Gasteiger charge is -2.08. The normalized spacial score (nSPS) is 9.70. The van der Waals surface area contributed by atoms with Crippen LogP contribution in [0.3, 0.4) is 0 Å². The first-order chi connectivity index (χ1) is 11.1. The summed E-state index contributed by atoms with van der Waals surface area (Å²) in [5.74, 6) is -0.774. The van der Waals surface area contributed by atoms with Crippen LogP contribution < -0.4 is 5.32 Å². The van der Waals surface area contributed by atoms with E-state index >= 15 is 0 Å². The Morgan fingerprint density at radius 2 is 2.00 bits per heavy atom. The molecule has 0 aliphatic carbocycles. The zero-order valence-corrected chi connectivity index (χ0v) is 12.1. The van der Waals surface area contributed by atoms with Crippen LogP contribution in [0.4, 0.5) is 11.4 Å². The Kier molecular flexibility index (Phi) is 5.25. The van der Waals surface area contributed by atoms with Crippen LogP contribution in [0.15, 0.2) is 48.5 Å². The van der Waals surface area contributed by atoms with Gasteiger partial charge in [-0.05, 0) is 17.7 Å². The van der Waals surface area contributed by atoms with Gasteiger partial charge in [-0.25, -0.2) is 4.79 Å². The van der Waals surface area contributed by atoms with Gasteiger partial charge in [0.1, 0.15) is 11.8 Å². The van der Waals surface area contributed by atoms with Crippen LogP contribution >= 0.6 is 0 Å². The molecule has 0 aliphatic heterocycles. The van der Waals surface area contributed by atoms with Crippen molar-refractivity contribution < 1.29 is 14.5 Å². The molecular formula is C16H13N3O4. The van der Waals surface area contributed by atoms with Gasteiger partial charge in [-0.1, -0.05) is 30.3 Å². The molecule has 23 heavy (non-hydrogen) atoms. The van der Waals surface area contributed by atoms with Crippen molar-refractivity contribution in [3.8, 4) is 6.07 Å². The van der Waals surface area contributed by atoms with Crippen LogP contribution in [0.5, 0.6) is 0 Å². The summed E-state index contributed by atoms with van der Waals surface area (Å²) in [4.78, 5) is 22.3. The van der Waals surface area contributed by atoms with Crippen LogP contribution in [0.25, 0.3) is 0 Å². The van der Waals surface area contributed by atoms with E-state index in [9.17, 15) is 14.9 Å². The molecular weight excluding hydrogens is 298 g/mol. The van der Waals surface area contributed by atoms with E-state index in [0.717, 1.165) is 11.6 Å². The quantitative estimate of drug-likeness (QED) is 0.499. The van der Waals surface area contributed by atoms with E-state index in [4.69, 9.17) is 5.26 Å². The summed E-state index contributed by atoms with van der Waals surface area (Å²) in [5, 5.41) is 22.5. The Morgan fingerprint density at radius 3 is 2.65 bits per heavy atom. The first-order valence-electron chi connectivity index (χ1n) is 6.72. The number of ether oxygens (including phenoxy) is 1. The van der Waals surface area contributed by atoms with Crippen LogP contribution in [-0.2, 0) is 11.3 Å². The maximum atomic E-state index is 11.7. The van der Waals surface area contributed by atoms with E-state index in [2.05, 4.69) is 10.1 Å². The number of anilines is 1. The molecule has 0 saturated carbocycles. The Bertz CT molecular complexity index is 754. The number of carbonyl (C=O) groups is 1. The number of benzene rings is 2. The van der Waals surface area contributed by atoms with Gasteiger partial charge < -0.3 is 10.1 Å². The second-order valence-corrected chi connectivity index (χ2v) is 4.56. The smallest absolute Gasteiger partial charge is 0.339 e. The van der Waals surface area contributed by atoms with Gasteiger partial charge >= 0.3 is 5.97 Å². The summed E-state index contributed by atoms with van der Waals surface area (Å²) in [5.41, 5.74) is 1.07. The molecule has 1 N–H and O–H groups in total. The number of nitro benzene ring substituents is 1. The van der Waals surface area contributed by atoms with E-state index in [1.165, 1.54) is 12.1 Å². The molecule has 0 aliphatic rings. The molecule has 0 amide bonds. The summed E-state index contributed by atoms with van der Waals surface area (Å²) in [6, 6.07) is 15.1. The number of hydrogen-bond acceptors (Lipinski definition) is 6. The van der Waals surface area contributed by atoms with Gasteiger partial charge in [-0.3, -0.25) is 10.1 Å². The Balaban J connectivity index is 2.18. The molecule has 116 valence electrons. The van der Waals surface area contributed by atoms with E-state index in [1.807, 2.05) is 30.3 Å². The largest absolute Gasteiger partial charge is 0.447 e. The SMILES string of the molecule is N#CCOC(=O)c1ccc(NCc2ccccc2)c([N+](=O)[O-])c1. The average Bonchev–Trinajstić information content (AvgIpc) is 2.58. The molecule has 0 radical (unpaired) electrons. The fourth-order valence-corrected chi connectivity index (χ4v) is 1.93. The maximum absolute atomic E-state index is 11.7. The van der Waals surface area contributed by atoms with Crippen molar-refractivity contribution in [1.29, 1.82) is 5.26 Å². The number of rotatable bonds is 6. The highest BCUT2D eigenvalue weighted by atomic mass is 16.6. The monoisotopic (exact) mass is 311 g/mol. The molecule has 0 heterocycles. The Hall–Kier alpha value is -3.40. The predicted molar refractivity (Wildman–Crippen MR) is 82.8 cm³/mol. The first-order valence-corrected chi connectivity index (χ1v) is 6.72. The summed E-state index contributed by atoms with van der Waals surface area (Å²) in [6.07, 6.45) is 0. The highest BCUT2D eigenvalue weighted by Crippen LogP contribution is 2.26. The Labute approximate surface area is 132 Å². The van der Waals surface area contributed by atoms with Crippen LogP contribution in [-0.4, -0.2) is 17.5 Å². The van der Waals surface area contributed by atoms with E-state index in [-0.39, 0.29) is 11.3 Å². The van der Waals surface area contributed by atoms with Crippen molar-refractivity contribution in [2.45, 2.75) is 6.54 Å². The molecule has 0 spiro atoms. The van der Waals surface area contributed by atoms with Crippen LogP contribution in [0.1, 0.15) is 15.9 Å². The molecule has 0 fully saturated rings. The minimum atomic E-state index is -0.774. The molecule has 0 unspecified atom stereocenters. The molecule has 2 aromatic rings. The van der Waals surface area contributed by atoms with Gasteiger partial charge in [-0.15, -0.1) is 0 Å². The highest BCUT2D eigenvalue weighted by Gasteiger charge is 2.18. The van der Waals surface area contributed by atoms with Crippen molar-refractivity contribution in [3.63, 3.8) is 0 Å². The molecule has 2 aromatic carbocycles. The van der Waals surface area contributed by atoms with Crippen LogP contribution in [0, 0.1) is 21.4 Å². The lowest BCUT2D eigenvalue weighted by atomic mass is 10.1. The van der Waals surface area contributed by atoms with E-state index in [1.54, 1.807) is 6.07 Å². The van der Waals surface area contributed by atoms with Crippen molar-refractivity contribution >= 4 is 17.3 Å². The van der Waals surface area contributed by atoms with Gasteiger partial charge in [0.15, 0.2) is 6.61 Å². The zero-order chi connectivity index (χ0) is 16.7. The summed E-state index contributed by atoms with van der Waals surface area (Å²) < 4.78 is 4.64. The number of carbonyl (C=O) groups excluding carboxylic acids is 1. The van der Waals surface area contributed by atoms with Crippen molar-refractivity contribution in [2.75, 3.05) is 11.9 Å². The van der Waals surface area contributed by atoms with Crippen molar-refractivity contribution in [3.05, 3.63) is 69.8 Å². The third-order valence-electron chi connectivity index (χ3n) is 3.02. The van der Waals surface area contributed by atoms with E-state index in [0.29, 0.717) is 12.2 Å². The minimum absolute atomic E-state index is 0.0252. The molecule has 7 heteroatoms. The highest BCUT2D eigenvalue weighted by molar-refractivity contribution is 5.91. The average molecular weight is 311 g/mol. The molecule has 0 aromatic heterocycles. The molecule has 0 saturated heterocycles. The fraction of sp³-hybridized carbons (Fsp3) is 0.125. The fourth-order valence-electron chi connectivity index (χ4n) is 1.93. The molecule has 0 atom stereocenters. The topological polar surface area (TPSA) is 105 Å². The molecule has 2 rings (SSSR count). The number of nitrogens with one attached hydrogen (secondary N) is 1. The van der Waals surface area contributed by atoms with E-state index < -0.39 is 17.5 Å². The number of nitriles is 1. The third kappa shape index (κ3) is 4.28.